The summed E-state index contributed by atoms with van der Waals surface area (Å²) in [4.78, 5) is 24.1. The van der Waals surface area contributed by atoms with E-state index in [0.717, 1.165) is 42.8 Å². The number of rotatable bonds is 5. The number of aromatic amines is 1. The molecule has 2 heterocycles. The minimum absolute atomic E-state index is 0.208. The lowest BCUT2D eigenvalue weighted by Gasteiger charge is -2.22. The largest absolute Gasteiger partial charge is 0.349 e. The van der Waals surface area contributed by atoms with Crippen LogP contribution in [0.15, 0.2) is 18.2 Å². The summed E-state index contributed by atoms with van der Waals surface area (Å²) in [7, 11) is 3.63. The van der Waals surface area contributed by atoms with Gasteiger partial charge in [-0.2, -0.15) is 0 Å². The van der Waals surface area contributed by atoms with Gasteiger partial charge in [0.05, 0.1) is 17.1 Å². The van der Waals surface area contributed by atoms with Crippen molar-refractivity contribution in [3.05, 3.63) is 29.6 Å². The Morgan fingerprint density at radius 2 is 2.26 bits per heavy atom. The van der Waals surface area contributed by atoms with Crippen molar-refractivity contribution in [3.8, 4) is 0 Å². The Morgan fingerprint density at radius 1 is 1.43 bits per heavy atom. The van der Waals surface area contributed by atoms with Gasteiger partial charge in [-0.15, -0.1) is 0 Å². The normalized spacial score (nSPS) is 18.7. The molecule has 1 unspecified atom stereocenters. The van der Waals surface area contributed by atoms with Crippen LogP contribution in [0.25, 0.3) is 11.0 Å². The molecule has 0 aliphatic carbocycles. The molecule has 1 saturated heterocycles. The molecular formula is C18H26N4O. The Bertz CT molecular complexity index is 691. The van der Waals surface area contributed by atoms with Gasteiger partial charge in [0.15, 0.2) is 0 Å². The summed E-state index contributed by atoms with van der Waals surface area (Å²) in [5.41, 5.74) is 3.41. The first kappa shape index (κ1) is 16.0. The highest BCUT2D eigenvalue weighted by Crippen LogP contribution is 2.31. The SMILES string of the molecule is Cc1ccc2nc(C3CCCN3CCCC(=O)N(C)C)[nH]c2c1. The zero-order chi connectivity index (χ0) is 16.4. The Labute approximate surface area is 137 Å². The van der Waals surface area contributed by atoms with Gasteiger partial charge in [0.1, 0.15) is 5.82 Å². The van der Waals surface area contributed by atoms with E-state index in [-0.39, 0.29) is 5.91 Å². The van der Waals surface area contributed by atoms with E-state index in [2.05, 4.69) is 35.0 Å². The molecule has 2 aromatic rings. The third-order valence-electron chi connectivity index (χ3n) is 4.67. The van der Waals surface area contributed by atoms with Crippen LogP contribution in [0.5, 0.6) is 0 Å². The lowest BCUT2D eigenvalue weighted by molar-refractivity contribution is -0.128. The van der Waals surface area contributed by atoms with E-state index >= 15 is 0 Å². The lowest BCUT2D eigenvalue weighted by atomic mass is 10.2. The van der Waals surface area contributed by atoms with Gasteiger partial charge in [-0.1, -0.05) is 6.07 Å². The monoisotopic (exact) mass is 314 g/mol. The van der Waals surface area contributed by atoms with Crippen LogP contribution in [0, 0.1) is 6.92 Å². The minimum atomic E-state index is 0.208. The quantitative estimate of drug-likeness (QED) is 0.923. The Balaban J connectivity index is 1.66. The molecule has 0 radical (unpaired) electrons. The molecule has 1 aliphatic heterocycles. The van der Waals surface area contributed by atoms with Gasteiger partial charge < -0.3 is 9.88 Å². The van der Waals surface area contributed by atoms with Gasteiger partial charge in [0.25, 0.3) is 0 Å². The lowest BCUT2D eigenvalue weighted by Crippen LogP contribution is -2.27. The van der Waals surface area contributed by atoms with Crippen LogP contribution >= 0.6 is 0 Å². The number of nitrogens with zero attached hydrogens (tertiary/aromatic N) is 3. The molecule has 1 aliphatic rings. The molecule has 1 aromatic heterocycles. The van der Waals surface area contributed by atoms with Crippen LogP contribution in [0.1, 0.15) is 43.1 Å². The summed E-state index contributed by atoms with van der Waals surface area (Å²) >= 11 is 0. The number of carbonyl (C=O) groups excluding carboxylic acids is 1. The number of hydrogen-bond acceptors (Lipinski definition) is 3. The fourth-order valence-corrected chi connectivity index (χ4v) is 3.36. The Morgan fingerprint density at radius 3 is 3.04 bits per heavy atom. The fourth-order valence-electron chi connectivity index (χ4n) is 3.36. The number of carbonyl (C=O) groups is 1. The summed E-state index contributed by atoms with van der Waals surface area (Å²) < 4.78 is 0. The van der Waals surface area contributed by atoms with E-state index in [1.165, 1.54) is 12.0 Å². The second kappa shape index (κ2) is 6.71. The number of benzene rings is 1. The second-order valence-corrected chi connectivity index (χ2v) is 6.73. The number of nitrogens with one attached hydrogen (secondary N) is 1. The maximum absolute atomic E-state index is 11.7. The molecule has 124 valence electrons. The fraction of sp³-hybridized carbons (Fsp3) is 0.556. The number of aromatic nitrogens is 2. The van der Waals surface area contributed by atoms with Gasteiger partial charge >= 0.3 is 0 Å². The molecule has 1 aromatic carbocycles. The molecule has 23 heavy (non-hydrogen) atoms. The number of fused-ring (bicyclic) bond motifs is 1. The minimum Gasteiger partial charge on any atom is -0.349 e. The third kappa shape index (κ3) is 3.55. The molecular weight excluding hydrogens is 288 g/mol. The highest BCUT2D eigenvalue weighted by atomic mass is 16.2. The van der Waals surface area contributed by atoms with E-state index in [4.69, 9.17) is 4.98 Å². The van der Waals surface area contributed by atoms with Crippen LogP contribution < -0.4 is 0 Å². The molecule has 1 fully saturated rings. The predicted octanol–water partition coefficient (Wildman–Crippen LogP) is 2.88. The van der Waals surface area contributed by atoms with E-state index in [1.807, 2.05) is 14.1 Å². The van der Waals surface area contributed by atoms with Crippen LogP contribution in [-0.4, -0.2) is 52.9 Å². The second-order valence-electron chi connectivity index (χ2n) is 6.73. The molecule has 0 spiro atoms. The van der Waals surface area contributed by atoms with Gasteiger partial charge in [-0.3, -0.25) is 9.69 Å². The summed E-state index contributed by atoms with van der Waals surface area (Å²) in [6.45, 7) is 4.15. The van der Waals surface area contributed by atoms with Crippen LogP contribution in [0.3, 0.4) is 0 Å². The Kier molecular flexibility index (Phi) is 4.66. The molecule has 0 bridgehead atoms. The molecule has 1 N–H and O–H groups in total. The number of likely N-dealkylation sites (tertiary alicyclic amines) is 1. The average Bonchev–Trinajstić information content (AvgIpc) is 3.12. The maximum atomic E-state index is 11.7. The third-order valence-corrected chi connectivity index (χ3v) is 4.67. The molecule has 1 atom stereocenters. The van der Waals surface area contributed by atoms with Gasteiger partial charge in [-0.25, -0.2) is 4.98 Å². The van der Waals surface area contributed by atoms with Crippen molar-refractivity contribution in [2.75, 3.05) is 27.2 Å². The molecule has 5 nitrogen and oxygen atoms in total. The summed E-state index contributed by atoms with van der Waals surface area (Å²) in [6.07, 6.45) is 3.87. The molecule has 5 heteroatoms. The number of hydrogen-bond donors (Lipinski definition) is 1. The summed E-state index contributed by atoms with van der Waals surface area (Å²) in [6, 6.07) is 6.70. The van der Waals surface area contributed by atoms with Gasteiger partial charge in [-0.05, 0) is 57.0 Å². The van der Waals surface area contributed by atoms with Crippen molar-refractivity contribution in [1.29, 1.82) is 0 Å². The smallest absolute Gasteiger partial charge is 0.222 e. The molecule has 0 saturated carbocycles. The summed E-state index contributed by atoms with van der Waals surface area (Å²) in [5.74, 6) is 1.28. The predicted molar refractivity (Wildman–Crippen MR) is 92.3 cm³/mol. The van der Waals surface area contributed by atoms with Crippen molar-refractivity contribution in [3.63, 3.8) is 0 Å². The highest BCUT2D eigenvalue weighted by Gasteiger charge is 2.28. The zero-order valence-corrected chi connectivity index (χ0v) is 14.3. The topological polar surface area (TPSA) is 52.2 Å². The first-order chi connectivity index (χ1) is 11.0. The van der Waals surface area contributed by atoms with Crippen molar-refractivity contribution >= 4 is 16.9 Å². The standard InChI is InChI=1S/C18H26N4O/c1-13-8-9-14-15(12-13)20-18(19-14)16-6-4-10-22(16)11-5-7-17(23)21(2)3/h8-9,12,16H,4-7,10-11H2,1-3H3,(H,19,20). The van der Waals surface area contributed by atoms with Gasteiger partial charge in [0.2, 0.25) is 5.91 Å². The number of H-pyrrole nitrogens is 1. The van der Waals surface area contributed by atoms with E-state index in [9.17, 15) is 4.79 Å². The number of amides is 1. The van der Waals surface area contributed by atoms with Crippen molar-refractivity contribution < 1.29 is 4.79 Å². The number of imidazole rings is 1. The van der Waals surface area contributed by atoms with Gasteiger partial charge in [0, 0.05) is 20.5 Å². The van der Waals surface area contributed by atoms with Crippen molar-refractivity contribution in [2.45, 2.75) is 38.6 Å². The summed E-state index contributed by atoms with van der Waals surface area (Å²) in [5, 5.41) is 0. The average molecular weight is 314 g/mol. The van der Waals surface area contributed by atoms with E-state index in [0.29, 0.717) is 12.5 Å². The maximum Gasteiger partial charge on any atom is 0.222 e. The number of aryl methyl sites for hydroxylation is 1. The first-order valence-corrected chi connectivity index (χ1v) is 8.45. The van der Waals surface area contributed by atoms with Crippen molar-refractivity contribution in [1.82, 2.24) is 19.8 Å². The van der Waals surface area contributed by atoms with Crippen LogP contribution in [0.4, 0.5) is 0 Å². The van der Waals surface area contributed by atoms with E-state index < -0.39 is 0 Å². The zero-order valence-electron chi connectivity index (χ0n) is 14.3. The van der Waals surface area contributed by atoms with Crippen molar-refractivity contribution in [2.24, 2.45) is 0 Å². The van der Waals surface area contributed by atoms with Crippen LogP contribution in [-0.2, 0) is 4.79 Å². The first-order valence-electron chi connectivity index (χ1n) is 8.45. The van der Waals surface area contributed by atoms with Crippen LogP contribution in [0.2, 0.25) is 0 Å². The molecule has 1 amide bonds. The van der Waals surface area contributed by atoms with E-state index in [1.54, 1.807) is 4.90 Å². The Hall–Kier alpha value is -1.88. The highest BCUT2D eigenvalue weighted by molar-refractivity contribution is 5.76. The molecule has 3 rings (SSSR count).